The summed E-state index contributed by atoms with van der Waals surface area (Å²) in [5.74, 6) is 6.96. The predicted molar refractivity (Wildman–Crippen MR) is 110 cm³/mol. The van der Waals surface area contributed by atoms with E-state index in [0.717, 1.165) is 11.3 Å². The number of rotatable bonds is 8. The second kappa shape index (κ2) is 8.65. The standard InChI is InChI=1S/C18H21N7O2S/c19-25-17-12-16(23-18(24-17)22-14-4-2-1-3-5-14)21-11-10-13-6-8-15(9-7-13)28(20,26)27/h1-9,12H,10-11,19H2,(H2,20,26,27)(H3,21,22,23,24,25). The Morgan fingerprint density at radius 3 is 2.25 bits per heavy atom. The Hall–Kier alpha value is -3.21. The van der Waals surface area contributed by atoms with Gasteiger partial charge in [0.1, 0.15) is 11.6 Å². The maximum atomic E-state index is 11.3. The number of nitrogen functional groups attached to an aromatic ring is 1. The zero-order valence-corrected chi connectivity index (χ0v) is 15.8. The SMILES string of the molecule is NNc1cc(NCCc2ccc(S(N)(=O)=O)cc2)nc(Nc2ccccc2)n1. The topological polar surface area (TPSA) is 148 Å². The second-order valence-corrected chi connectivity index (χ2v) is 7.52. The molecule has 0 atom stereocenters. The van der Waals surface area contributed by atoms with Crippen molar-refractivity contribution in [3.8, 4) is 0 Å². The number of nitrogens with one attached hydrogen (secondary N) is 3. The van der Waals surface area contributed by atoms with Crippen LogP contribution in [0.5, 0.6) is 0 Å². The van der Waals surface area contributed by atoms with Crippen molar-refractivity contribution >= 4 is 33.3 Å². The summed E-state index contributed by atoms with van der Waals surface area (Å²) in [6.45, 7) is 0.584. The van der Waals surface area contributed by atoms with Gasteiger partial charge in [-0.15, -0.1) is 0 Å². The van der Waals surface area contributed by atoms with E-state index in [0.29, 0.717) is 30.5 Å². The van der Waals surface area contributed by atoms with Crippen LogP contribution in [0.4, 0.5) is 23.3 Å². The van der Waals surface area contributed by atoms with Crippen LogP contribution in [0.15, 0.2) is 65.6 Å². The third-order valence-electron chi connectivity index (χ3n) is 3.88. The van der Waals surface area contributed by atoms with Crippen molar-refractivity contribution in [2.45, 2.75) is 11.3 Å². The minimum Gasteiger partial charge on any atom is -0.370 e. The highest BCUT2D eigenvalue weighted by molar-refractivity contribution is 7.89. The van der Waals surface area contributed by atoms with Crippen LogP contribution >= 0.6 is 0 Å². The van der Waals surface area contributed by atoms with E-state index in [2.05, 4.69) is 26.0 Å². The van der Waals surface area contributed by atoms with Crippen molar-refractivity contribution in [3.05, 3.63) is 66.2 Å². The monoisotopic (exact) mass is 399 g/mol. The van der Waals surface area contributed by atoms with Gasteiger partial charge in [0.2, 0.25) is 16.0 Å². The summed E-state index contributed by atoms with van der Waals surface area (Å²) in [5, 5.41) is 11.4. The van der Waals surface area contributed by atoms with Crippen molar-refractivity contribution in [3.63, 3.8) is 0 Å². The molecule has 2 aromatic carbocycles. The molecule has 0 fully saturated rings. The molecule has 3 aromatic rings. The molecule has 0 saturated heterocycles. The number of sulfonamides is 1. The summed E-state index contributed by atoms with van der Waals surface area (Å²) in [6, 6.07) is 17.7. The first kappa shape index (κ1) is 19.5. The minimum absolute atomic E-state index is 0.0929. The lowest BCUT2D eigenvalue weighted by molar-refractivity contribution is 0.598. The van der Waals surface area contributed by atoms with Gasteiger partial charge in [0, 0.05) is 18.3 Å². The molecule has 0 aliphatic rings. The molecule has 0 bridgehead atoms. The van der Waals surface area contributed by atoms with Crippen LogP contribution < -0.4 is 27.0 Å². The van der Waals surface area contributed by atoms with Crippen molar-refractivity contribution in [1.82, 2.24) is 9.97 Å². The third kappa shape index (κ3) is 5.39. The van der Waals surface area contributed by atoms with Crippen molar-refractivity contribution in [2.75, 3.05) is 22.6 Å². The fraction of sp³-hybridized carbons (Fsp3) is 0.111. The highest BCUT2D eigenvalue weighted by Gasteiger charge is 2.07. The number of anilines is 4. The number of hydrogen-bond donors (Lipinski definition) is 5. The molecule has 0 saturated carbocycles. The summed E-state index contributed by atoms with van der Waals surface area (Å²) in [4.78, 5) is 8.80. The Balaban J connectivity index is 1.64. The van der Waals surface area contributed by atoms with E-state index < -0.39 is 10.0 Å². The molecule has 3 rings (SSSR count). The Labute approximate surface area is 163 Å². The van der Waals surface area contributed by atoms with Gasteiger partial charge in [0.25, 0.3) is 0 Å². The molecule has 7 N–H and O–H groups in total. The van der Waals surface area contributed by atoms with E-state index in [4.69, 9.17) is 11.0 Å². The highest BCUT2D eigenvalue weighted by Crippen LogP contribution is 2.18. The van der Waals surface area contributed by atoms with Gasteiger partial charge in [-0.3, -0.25) is 0 Å². The predicted octanol–water partition coefficient (Wildman–Crippen LogP) is 1.81. The molecule has 0 spiro atoms. The van der Waals surface area contributed by atoms with Gasteiger partial charge in [-0.05, 0) is 36.2 Å². The molecule has 1 heterocycles. The van der Waals surface area contributed by atoms with Crippen LogP contribution in [0.3, 0.4) is 0 Å². The van der Waals surface area contributed by atoms with Gasteiger partial charge >= 0.3 is 0 Å². The van der Waals surface area contributed by atoms with E-state index >= 15 is 0 Å². The third-order valence-corrected chi connectivity index (χ3v) is 4.80. The van der Waals surface area contributed by atoms with Gasteiger partial charge in [-0.25, -0.2) is 19.4 Å². The first-order chi connectivity index (χ1) is 13.4. The number of para-hydroxylation sites is 1. The second-order valence-electron chi connectivity index (χ2n) is 5.96. The minimum atomic E-state index is -3.68. The first-order valence-corrected chi connectivity index (χ1v) is 10.0. The molecule has 0 radical (unpaired) electrons. The fourth-order valence-electron chi connectivity index (χ4n) is 2.50. The Kier molecular flexibility index (Phi) is 6.04. The van der Waals surface area contributed by atoms with Crippen LogP contribution in [-0.4, -0.2) is 24.9 Å². The molecule has 9 nitrogen and oxygen atoms in total. The van der Waals surface area contributed by atoms with E-state index in [1.54, 1.807) is 18.2 Å². The smallest absolute Gasteiger partial charge is 0.238 e. The van der Waals surface area contributed by atoms with E-state index in [-0.39, 0.29) is 4.90 Å². The van der Waals surface area contributed by atoms with Gasteiger partial charge in [-0.1, -0.05) is 30.3 Å². The Morgan fingerprint density at radius 1 is 0.929 bits per heavy atom. The summed E-state index contributed by atoms with van der Waals surface area (Å²) in [5.41, 5.74) is 4.35. The number of hydrogen-bond acceptors (Lipinski definition) is 8. The number of nitrogens with zero attached hydrogens (tertiary/aromatic N) is 2. The van der Waals surface area contributed by atoms with Crippen LogP contribution in [0, 0.1) is 0 Å². The molecule has 0 unspecified atom stereocenters. The lowest BCUT2D eigenvalue weighted by atomic mass is 10.1. The maximum Gasteiger partial charge on any atom is 0.238 e. The molecular weight excluding hydrogens is 378 g/mol. The lowest BCUT2D eigenvalue weighted by Gasteiger charge is -2.11. The average Bonchev–Trinajstić information content (AvgIpc) is 2.68. The zero-order chi connectivity index (χ0) is 20.0. The highest BCUT2D eigenvalue weighted by atomic mass is 32.2. The zero-order valence-electron chi connectivity index (χ0n) is 15.0. The number of aromatic nitrogens is 2. The van der Waals surface area contributed by atoms with Crippen LogP contribution in [0.1, 0.15) is 5.56 Å². The van der Waals surface area contributed by atoms with Crippen LogP contribution in [0.25, 0.3) is 0 Å². The lowest BCUT2D eigenvalue weighted by Crippen LogP contribution is -2.13. The molecule has 0 aliphatic carbocycles. The summed E-state index contributed by atoms with van der Waals surface area (Å²) >= 11 is 0. The number of benzene rings is 2. The molecule has 0 aliphatic heterocycles. The van der Waals surface area contributed by atoms with Gasteiger partial charge in [-0.2, -0.15) is 9.97 Å². The normalized spacial score (nSPS) is 11.1. The van der Waals surface area contributed by atoms with Crippen molar-refractivity contribution in [1.29, 1.82) is 0 Å². The average molecular weight is 399 g/mol. The number of nitrogens with two attached hydrogens (primary N) is 2. The Bertz CT molecular complexity index is 1030. The fourth-order valence-corrected chi connectivity index (χ4v) is 3.01. The Morgan fingerprint density at radius 2 is 1.61 bits per heavy atom. The van der Waals surface area contributed by atoms with E-state index in [1.807, 2.05) is 30.3 Å². The molecule has 10 heteroatoms. The van der Waals surface area contributed by atoms with Crippen LogP contribution in [-0.2, 0) is 16.4 Å². The van der Waals surface area contributed by atoms with Gasteiger partial charge in [0.05, 0.1) is 4.90 Å². The quantitative estimate of drug-likeness (QED) is 0.284. The summed E-state index contributed by atoms with van der Waals surface area (Å²) < 4.78 is 22.6. The largest absolute Gasteiger partial charge is 0.370 e. The van der Waals surface area contributed by atoms with E-state index in [1.165, 1.54) is 12.1 Å². The van der Waals surface area contributed by atoms with Crippen molar-refractivity contribution < 1.29 is 8.42 Å². The number of hydrazine groups is 1. The maximum absolute atomic E-state index is 11.3. The summed E-state index contributed by atoms with van der Waals surface area (Å²) in [7, 11) is -3.68. The molecular formula is C18H21N7O2S. The first-order valence-electron chi connectivity index (χ1n) is 8.47. The molecule has 28 heavy (non-hydrogen) atoms. The molecule has 1 aromatic heterocycles. The van der Waals surface area contributed by atoms with Crippen LogP contribution in [0.2, 0.25) is 0 Å². The summed E-state index contributed by atoms with van der Waals surface area (Å²) in [6.07, 6.45) is 0.668. The van der Waals surface area contributed by atoms with Crippen molar-refractivity contribution in [2.24, 2.45) is 11.0 Å². The van der Waals surface area contributed by atoms with E-state index in [9.17, 15) is 8.42 Å². The number of primary sulfonamides is 1. The molecule has 0 amide bonds. The van der Waals surface area contributed by atoms with Gasteiger partial charge in [0.15, 0.2) is 0 Å². The van der Waals surface area contributed by atoms with Gasteiger partial charge < -0.3 is 16.1 Å². The molecule has 146 valence electrons.